The molecule has 2 rings (SSSR count). The first kappa shape index (κ1) is 12.5. The lowest BCUT2D eigenvalue weighted by atomic mass is 9.88. The van der Waals surface area contributed by atoms with E-state index in [-0.39, 0.29) is 18.7 Å². The molecule has 0 saturated heterocycles. The van der Waals surface area contributed by atoms with Gasteiger partial charge in [0.25, 0.3) is 0 Å². The normalized spacial score (nSPS) is 10.1. The monoisotopic (exact) mass is 244 g/mol. The Balaban J connectivity index is 2.09. The maximum Gasteiger partial charge on any atom is 0.304 e. The molecular weight excluding hydrogens is 231 g/mol. The first-order chi connectivity index (χ1) is 8.70. The molecular formula is C13H13BO4. The average molecular weight is 244 g/mol. The Labute approximate surface area is 105 Å². The van der Waals surface area contributed by atoms with Crippen LogP contribution in [0.2, 0.25) is 0 Å². The Kier molecular flexibility index (Phi) is 3.84. The fourth-order valence-corrected chi connectivity index (χ4v) is 1.57. The summed E-state index contributed by atoms with van der Waals surface area (Å²) in [5.74, 6) is 0.707. The van der Waals surface area contributed by atoms with Crippen LogP contribution < -0.4 is 15.6 Å². The molecule has 1 heterocycles. The van der Waals surface area contributed by atoms with Crippen molar-refractivity contribution in [2.75, 3.05) is 0 Å². The van der Waals surface area contributed by atoms with Gasteiger partial charge in [0.1, 0.15) is 12.4 Å². The maximum absolute atomic E-state index is 11.5. The predicted molar refractivity (Wildman–Crippen MR) is 69.5 cm³/mol. The first-order valence-electron chi connectivity index (χ1n) is 5.60. The molecule has 0 spiro atoms. The molecule has 0 saturated carbocycles. The third-order valence-electron chi connectivity index (χ3n) is 2.60. The minimum Gasteiger partial charge on any atom is -0.482 e. The van der Waals surface area contributed by atoms with E-state index in [1.807, 2.05) is 24.3 Å². The second-order valence-corrected chi connectivity index (χ2v) is 3.93. The van der Waals surface area contributed by atoms with Crippen molar-refractivity contribution in [3.8, 4) is 5.75 Å². The Bertz CT molecular complexity index is 574. The molecule has 5 heteroatoms. The number of hydrogen-bond acceptors (Lipinski definition) is 4. The van der Waals surface area contributed by atoms with E-state index in [0.29, 0.717) is 12.4 Å². The molecule has 0 aliphatic heterocycles. The van der Waals surface area contributed by atoms with Crippen LogP contribution in [0.25, 0.3) is 0 Å². The van der Waals surface area contributed by atoms with Crippen LogP contribution in [0.3, 0.4) is 0 Å². The smallest absolute Gasteiger partial charge is 0.304 e. The van der Waals surface area contributed by atoms with Crippen LogP contribution in [0.5, 0.6) is 5.75 Å². The molecule has 18 heavy (non-hydrogen) atoms. The van der Waals surface area contributed by atoms with Crippen molar-refractivity contribution < 1.29 is 14.2 Å². The van der Waals surface area contributed by atoms with Gasteiger partial charge in [0.05, 0.1) is 6.26 Å². The second kappa shape index (κ2) is 5.55. The molecule has 0 atom stereocenters. The highest BCUT2D eigenvalue weighted by atomic mass is 16.5. The lowest BCUT2D eigenvalue weighted by Gasteiger charge is -2.07. The largest absolute Gasteiger partial charge is 0.482 e. The van der Waals surface area contributed by atoms with Gasteiger partial charge < -0.3 is 14.2 Å². The summed E-state index contributed by atoms with van der Waals surface area (Å²) in [6.45, 7) is 1.98. The summed E-state index contributed by atoms with van der Waals surface area (Å²) in [5, 5.41) is 8.92. The summed E-state index contributed by atoms with van der Waals surface area (Å²) in [4.78, 5) is 11.5. The van der Waals surface area contributed by atoms with Crippen LogP contribution in [0.4, 0.5) is 0 Å². The molecule has 1 aromatic heterocycles. The molecule has 92 valence electrons. The zero-order valence-corrected chi connectivity index (χ0v) is 10.1. The van der Waals surface area contributed by atoms with E-state index < -0.39 is 0 Å². The summed E-state index contributed by atoms with van der Waals surface area (Å²) in [7, 11) is 0.0164. The highest BCUT2D eigenvalue weighted by molar-refractivity contribution is 6.45. The number of aryl methyl sites for hydroxylation is 1. The minimum absolute atomic E-state index is 0.0164. The van der Waals surface area contributed by atoms with Crippen LogP contribution in [-0.4, -0.2) is 12.5 Å². The summed E-state index contributed by atoms with van der Waals surface area (Å²) >= 11 is 0. The topological polar surface area (TPSA) is 59.7 Å². The zero-order valence-electron chi connectivity index (χ0n) is 10.1. The summed E-state index contributed by atoms with van der Waals surface area (Å²) in [6, 6.07) is 8.67. The predicted octanol–water partition coefficient (Wildman–Crippen LogP) is 0.496. The standard InChI is InChI=1S/C13H13BO4/c1-9-13(12(15)6-7-17-9)18-8-10-2-4-11(14-16)5-3-10/h2-7,14,16H,8H2,1H3. The highest BCUT2D eigenvalue weighted by Crippen LogP contribution is 2.12. The number of ether oxygens (including phenoxy) is 1. The van der Waals surface area contributed by atoms with Crippen LogP contribution in [-0.2, 0) is 6.61 Å². The summed E-state index contributed by atoms with van der Waals surface area (Å²) in [5.41, 5.74) is 1.58. The molecule has 4 nitrogen and oxygen atoms in total. The summed E-state index contributed by atoms with van der Waals surface area (Å²) < 4.78 is 10.6. The van der Waals surface area contributed by atoms with E-state index >= 15 is 0 Å². The van der Waals surface area contributed by atoms with Crippen molar-refractivity contribution in [3.05, 3.63) is 58.1 Å². The van der Waals surface area contributed by atoms with Gasteiger partial charge in [-0.25, -0.2) is 0 Å². The van der Waals surface area contributed by atoms with Gasteiger partial charge in [0, 0.05) is 6.07 Å². The molecule has 0 unspecified atom stereocenters. The Hall–Kier alpha value is -2.01. The lowest BCUT2D eigenvalue weighted by molar-refractivity contribution is 0.286. The van der Waals surface area contributed by atoms with Gasteiger partial charge in [0.2, 0.25) is 11.2 Å². The van der Waals surface area contributed by atoms with E-state index in [1.165, 1.54) is 12.3 Å². The SMILES string of the molecule is Cc1occc(=O)c1OCc1ccc(BO)cc1. The van der Waals surface area contributed by atoms with Gasteiger partial charge in [-0.05, 0) is 12.5 Å². The molecule has 0 amide bonds. The minimum atomic E-state index is -0.189. The third-order valence-corrected chi connectivity index (χ3v) is 2.60. The zero-order chi connectivity index (χ0) is 13.0. The average Bonchev–Trinajstić information content (AvgIpc) is 2.39. The van der Waals surface area contributed by atoms with Crippen LogP contribution in [0.1, 0.15) is 11.3 Å². The van der Waals surface area contributed by atoms with E-state index in [9.17, 15) is 4.79 Å². The van der Waals surface area contributed by atoms with Crippen molar-refractivity contribution in [2.45, 2.75) is 13.5 Å². The number of benzene rings is 1. The molecule has 1 N–H and O–H groups in total. The molecule has 0 radical (unpaired) electrons. The van der Waals surface area contributed by atoms with Gasteiger partial charge in [-0.15, -0.1) is 0 Å². The van der Waals surface area contributed by atoms with Gasteiger partial charge in [-0.2, -0.15) is 0 Å². The van der Waals surface area contributed by atoms with Gasteiger partial charge in [0.15, 0.2) is 0 Å². The third kappa shape index (κ3) is 2.81. The fourth-order valence-electron chi connectivity index (χ4n) is 1.57. The molecule has 0 aliphatic carbocycles. The molecule has 0 fully saturated rings. The highest BCUT2D eigenvalue weighted by Gasteiger charge is 2.06. The Morgan fingerprint density at radius 2 is 2.00 bits per heavy atom. The van der Waals surface area contributed by atoms with Gasteiger partial charge in [-0.3, -0.25) is 4.79 Å². The molecule has 2 aromatic rings. The van der Waals surface area contributed by atoms with E-state index in [0.717, 1.165) is 11.0 Å². The van der Waals surface area contributed by atoms with E-state index in [1.54, 1.807) is 6.92 Å². The second-order valence-electron chi connectivity index (χ2n) is 3.93. The van der Waals surface area contributed by atoms with Crippen molar-refractivity contribution >= 4 is 12.9 Å². The van der Waals surface area contributed by atoms with Gasteiger partial charge >= 0.3 is 7.48 Å². The van der Waals surface area contributed by atoms with Crippen LogP contribution >= 0.6 is 0 Å². The molecule has 0 aliphatic rings. The molecule has 0 bridgehead atoms. The van der Waals surface area contributed by atoms with Crippen molar-refractivity contribution in [3.63, 3.8) is 0 Å². The fraction of sp³-hybridized carbons (Fsp3) is 0.154. The number of hydrogen-bond donors (Lipinski definition) is 1. The van der Waals surface area contributed by atoms with Crippen LogP contribution in [0.15, 0.2) is 45.8 Å². The van der Waals surface area contributed by atoms with Crippen molar-refractivity contribution in [1.82, 2.24) is 0 Å². The van der Waals surface area contributed by atoms with E-state index in [2.05, 4.69) is 0 Å². The van der Waals surface area contributed by atoms with Crippen molar-refractivity contribution in [1.29, 1.82) is 0 Å². The molecule has 1 aromatic carbocycles. The maximum atomic E-state index is 11.5. The van der Waals surface area contributed by atoms with E-state index in [4.69, 9.17) is 14.2 Å². The number of rotatable bonds is 4. The lowest BCUT2D eigenvalue weighted by Crippen LogP contribution is -2.13. The Morgan fingerprint density at radius 3 is 2.61 bits per heavy atom. The summed E-state index contributed by atoms with van der Waals surface area (Å²) in [6.07, 6.45) is 1.35. The Morgan fingerprint density at radius 1 is 1.28 bits per heavy atom. The van der Waals surface area contributed by atoms with Gasteiger partial charge in [-0.1, -0.05) is 29.7 Å². The van der Waals surface area contributed by atoms with Crippen LogP contribution in [0, 0.1) is 6.92 Å². The van der Waals surface area contributed by atoms with Crippen molar-refractivity contribution in [2.24, 2.45) is 0 Å². The first-order valence-corrected chi connectivity index (χ1v) is 5.60. The quantitative estimate of drug-likeness (QED) is 0.795.